The Kier molecular flexibility index (Phi) is 25.5. The van der Waals surface area contributed by atoms with E-state index in [1.54, 1.807) is 41.1 Å². The molecule has 4 rings (SSSR count). The zero-order valence-corrected chi connectivity index (χ0v) is 47.0. The number of unbranched alkanes of at least 4 members (excludes halogenated alkanes) is 1. The second kappa shape index (κ2) is 29.7. The molecule has 1 saturated carbocycles. The summed E-state index contributed by atoms with van der Waals surface area (Å²) < 4.78 is 55.0. The molecule has 0 radical (unpaired) electrons. The average molecular weight is 1050 g/mol. The van der Waals surface area contributed by atoms with Gasteiger partial charge in [0.15, 0.2) is 12.1 Å². The van der Waals surface area contributed by atoms with Gasteiger partial charge >= 0.3 is 7.60 Å². The lowest BCUT2D eigenvalue weighted by Gasteiger charge is -2.44. The third-order valence-electron chi connectivity index (χ3n) is 15.8. The van der Waals surface area contributed by atoms with Crippen molar-refractivity contribution < 1.29 is 71.8 Å². The van der Waals surface area contributed by atoms with Crippen LogP contribution in [0.5, 0.6) is 0 Å². The molecule has 0 aromatic carbocycles. The summed E-state index contributed by atoms with van der Waals surface area (Å²) in [5.74, 6) is -7.15. The Morgan fingerprint density at radius 1 is 0.877 bits per heavy atom. The number of methoxy groups -OCH3 is 3. The van der Waals surface area contributed by atoms with E-state index in [1.807, 2.05) is 65.0 Å². The highest BCUT2D eigenvalue weighted by molar-refractivity contribution is 7.53. The number of hydrogen-bond acceptors (Lipinski definition) is 15. The highest BCUT2D eigenvalue weighted by Gasteiger charge is 2.53. The van der Waals surface area contributed by atoms with Crippen LogP contribution in [0.2, 0.25) is 0 Å². The summed E-state index contributed by atoms with van der Waals surface area (Å²) in [7, 11) is 1.23. The number of allylic oxidation sites excluding steroid dienone is 6. The Morgan fingerprint density at radius 3 is 2.27 bits per heavy atom. The van der Waals surface area contributed by atoms with Crippen molar-refractivity contribution in [3.63, 3.8) is 0 Å². The van der Waals surface area contributed by atoms with E-state index in [1.165, 1.54) is 18.7 Å². The van der Waals surface area contributed by atoms with E-state index < -0.39 is 91.8 Å². The van der Waals surface area contributed by atoms with Crippen LogP contribution in [0.25, 0.3) is 0 Å². The molecule has 0 spiro atoms. The molecule has 0 aromatic rings. The van der Waals surface area contributed by atoms with E-state index in [0.29, 0.717) is 82.8 Å². The molecule has 416 valence electrons. The van der Waals surface area contributed by atoms with E-state index in [-0.39, 0.29) is 48.4 Å². The van der Waals surface area contributed by atoms with Crippen LogP contribution in [0.15, 0.2) is 47.6 Å². The molecule has 4 aliphatic rings. The maximum absolute atomic E-state index is 14.4. The maximum Gasteiger partial charge on any atom is 0.327 e. The van der Waals surface area contributed by atoms with Crippen LogP contribution in [0.3, 0.4) is 0 Å². The number of fused-ring (bicyclic) bond motifs is 3. The first-order chi connectivity index (χ1) is 34.5. The summed E-state index contributed by atoms with van der Waals surface area (Å²) in [5.41, 5.74) is 1.27. The van der Waals surface area contributed by atoms with Crippen molar-refractivity contribution in [2.24, 2.45) is 35.5 Å². The van der Waals surface area contributed by atoms with Crippen LogP contribution < -0.4 is 0 Å². The number of piperidine rings is 1. The Labute approximate surface area is 436 Å². The molecule has 10 unspecified atom stereocenters. The normalized spacial score (nSPS) is 39.3. The summed E-state index contributed by atoms with van der Waals surface area (Å²) in [4.78, 5) is 58.2. The fraction of sp³-hybridized carbons (Fsp3) is 0.786. The molecule has 1 amide bonds. The predicted octanol–water partition coefficient (Wildman–Crippen LogP) is 8.64. The molecular formula is C56H92NO15P. The van der Waals surface area contributed by atoms with Gasteiger partial charge in [0.2, 0.25) is 5.79 Å². The van der Waals surface area contributed by atoms with Gasteiger partial charge in [0.05, 0.1) is 43.2 Å². The van der Waals surface area contributed by atoms with Crippen molar-refractivity contribution in [3.8, 4) is 0 Å². The average Bonchev–Trinajstić information content (AvgIpc) is 3.35. The third kappa shape index (κ3) is 17.9. The van der Waals surface area contributed by atoms with Crippen LogP contribution in [0.1, 0.15) is 145 Å². The van der Waals surface area contributed by atoms with E-state index in [2.05, 4.69) is 0 Å². The molecule has 2 bridgehead atoms. The van der Waals surface area contributed by atoms with Crippen molar-refractivity contribution in [2.75, 3.05) is 41.1 Å². The molecule has 73 heavy (non-hydrogen) atoms. The molecule has 17 atom stereocenters. The summed E-state index contributed by atoms with van der Waals surface area (Å²) in [5, 5.41) is 35.7. The molecular weight excluding hydrogens is 958 g/mol. The molecule has 0 aromatic heterocycles. The van der Waals surface area contributed by atoms with Crippen LogP contribution in [-0.2, 0) is 56.5 Å². The third-order valence-corrected chi connectivity index (χ3v) is 17.1. The maximum atomic E-state index is 14.4. The van der Waals surface area contributed by atoms with Crippen molar-refractivity contribution in [3.05, 3.63) is 47.6 Å². The zero-order chi connectivity index (χ0) is 54.2. The SMILES string of the molecule is CCCCOP(C)(=O)OC1CCC(C[C@@H](C)[C@@H]2CC(=O)[C@H](C)/C=C(\C)C(O)[C@@H](OC)C(=O)C(C)C[C@H](C)/C=C/C=C/C=C(\C)[C@@H](OC)C[C@@H]3CCC(C)C(O)(O3)C(=O)C(=O)N3CCCCC3C(O)O2)CC1OC. The molecule has 17 heteroatoms. The fourth-order valence-corrected chi connectivity index (χ4v) is 12.3. The molecule has 3 heterocycles. The Balaban J connectivity index is 1.68. The van der Waals surface area contributed by atoms with Crippen molar-refractivity contribution in [2.45, 2.75) is 206 Å². The quantitative estimate of drug-likeness (QED) is 0.0722. The Hall–Kier alpha value is -2.73. The summed E-state index contributed by atoms with van der Waals surface area (Å²) in [6.07, 6.45) is 11.6. The van der Waals surface area contributed by atoms with Crippen molar-refractivity contribution in [1.29, 1.82) is 0 Å². The number of amides is 1. The number of Topliss-reactive ketones (excluding diaryl/α,β-unsaturated/α-hetero) is 3. The number of aliphatic hydroxyl groups excluding tert-OH is 2. The molecule has 2 saturated heterocycles. The van der Waals surface area contributed by atoms with Crippen LogP contribution >= 0.6 is 7.60 Å². The topological polar surface area (TPSA) is 214 Å². The lowest BCUT2D eigenvalue weighted by Crippen LogP contribution is -2.61. The molecule has 3 fully saturated rings. The first-order valence-corrected chi connectivity index (χ1v) is 29.0. The monoisotopic (exact) mass is 1050 g/mol. The predicted molar refractivity (Wildman–Crippen MR) is 279 cm³/mol. The number of rotatable bonds is 12. The number of ketones is 3. The summed E-state index contributed by atoms with van der Waals surface area (Å²) >= 11 is 0. The number of carbonyl (C=O) groups is 4. The molecule has 3 N–H and O–H groups in total. The van der Waals surface area contributed by atoms with Gasteiger partial charge in [-0.15, -0.1) is 0 Å². The largest absolute Gasteiger partial charge is 0.386 e. The lowest BCUT2D eigenvalue weighted by molar-refractivity contribution is -0.266. The van der Waals surface area contributed by atoms with Crippen molar-refractivity contribution in [1.82, 2.24) is 4.90 Å². The van der Waals surface area contributed by atoms with Gasteiger partial charge in [-0.2, -0.15) is 0 Å². The van der Waals surface area contributed by atoms with Crippen LogP contribution in [0, 0.1) is 35.5 Å². The second-order valence-electron chi connectivity index (χ2n) is 21.8. The van der Waals surface area contributed by atoms with Gasteiger partial charge in [0.1, 0.15) is 18.0 Å². The van der Waals surface area contributed by atoms with Gasteiger partial charge < -0.3 is 53.0 Å². The van der Waals surface area contributed by atoms with E-state index >= 15 is 0 Å². The summed E-state index contributed by atoms with van der Waals surface area (Å²) in [6, 6.07) is -0.976. The van der Waals surface area contributed by atoms with E-state index in [0.717, 1.165) is 18.4 Å². The fourth-order valence-electron chi connectivity index (χ4n) is 11.0. The highest BCUT2D eigenvalue weighted by Crippen LogP contribution is 2.49. The van der Waals surface area contributed by atoms with Gasteiger partial charge in [-0.25, -0.2) is 0 Å². The zero-order valence-electron chi connectivity index (χ0n) is 46.1. The highest BCUT2D eigenvalue weighted by atomic mass is 31.2. The first kappa shape index (κ1) is 62.8. The van der Waals surface area contributed by atoms with Crippen LogP contribution in [0.4, 0.5) is 0 Å². The lowest BCUT2D eigenvalue weighted by atomic mass is 9.78. The minimum Gasteiger partial charge on any atom is -0.386 e. The molecule has 1 aliphatic carbocycles. The van der Waals surface area contributed by atoms with Gasteiger partial charge in [-0.05, 0) is 113 Å². The number of aliphatic hydroxyl groups is 3. The number of nitrogens with zero attached hydrogens (tertiary/aromatic N) is 1. The van der Waals surface area contributed by atoms with E-state index in [9.17, 15) is 39.1 Å². The van der Waals surface area contributed by atoms with Gasteiger partial charge in [-0.1, -0.05) is 84.4 Å². The number of hydrogen-bond donors (Lipinski definition) is 3. The minimum atomic E-state index is -3.34. The molecule has 3 aliphatic heterocycles. The second-order valence-corrected chi connectivity index (χ2v) is 23.8. The molecule has 16 nitrogen and oxygen atoms in total. The van der Waals surface area contributed by atoms with Gasteiger partial charge in [0, 0.05) is 65.1 Å². The van der Waals surface area contributed by atoms with Gasteiger partial charge in [0.25, 0.3) is 11.7 Å². The van der Waals surface area contributed by atoms with E-state index in [4.69, 9.17) is 32.7 Å². The Morgan fingerprint density at radius 2 is 1.60 bits per heavy atom. The summed E-state index contributed by atoms with van der Waals surface area (Å²) in [6.45, 7) is 16.7. The van der Waals surface area contributed by atoms with Crippen molar-refractivity contribution >= 4 is 30.9 Å². The Bertz CT molecular complexity index is 1970. The van der Waals surface area contributed by atoms with Gasteiger partial charge in [-0.3, -0.25) is 23.7 Å². The van der Waals surface area contributed by atoms with Crippen LogP contribution in [-0.4, -0.2) is 145 Å². The number of ether oxygens (including phenoxy) is 5. The minimum absolute atomic E-state index is 0.0124. The standard InChI is InChI=1S/C56H92NO15P/c1-13-14-28-69-73(12,65)72-46-26-24-42(32-49(46)67-10)31-38(5)48-34-45(58)37(4)30-40(7)51(60)52(68-11)50(59)39(6)29-35(2)20-16-15-17-21-36(3)47(66-9)33-43-25-23-41(8)56(64,71-43)53(61)54(62)57-27-19-18-22-44(57)55(63)70-48/h15-17,20-21,30,35,37-39,41-44,46-49,51-52,55,60,63-64H,13-14,18-19,22-29,31-34H2,1-12H3/b17-15+,20-16+,36-21+,40-30+/t35-,37-,38-,39?,41?,42?,43+,44?,46?,47+,48+,49?,51?,52+,55?,56?,73?/m1/s1. The number of carbonyl (C=O) groups excluding carboxylic acids is 4. The smallest absolute Gasteiger partial charge is 0.327 e. The first-order valence-electron chi connectivity index (χ1n) is 27.0.